The lowest BCUT2D eigenvalue weighted by Crippen LogP contribution is -2.30. The van der Waals surface area contributed by atoms with Gasteiger partial charge in [0.25, 0.3) is 11.8 Å². The summed E-state index contributed by atoms with van der Waals surface area (Å²) in [5, 5.41) is 6.48. The van der Waals surface area contributed by atoms with Crippen LogP contribution in [0.1, 0.15) is 51.5 Å². The van der Waals surface area contributed by atoms with E-state index in [9.17, 15) is 9.59 Å². The summed E-state index contributed by atoms with van der Waals surface area (Å²) in [6.45, 7) is 0.825. The minimum atomic E-state index is -0.294. The van der Waals surface area contributed by atoms with E-state index in [1.54, 1.807) is 0 Å². The quantitative estimate of drug-likeness (QED) is 0.304. The molecule has 6 heteroatoms. The standard InChI is InChI=1S/C31H22N4O2/c36-30-26-24-18-10-4-6-12-20(18)34-22-14-15-23(33(22)16-17-8-2-1-3-9-17)35-21-13-7-5-11-19(21)25(29(35)28(24)34)27(26)31(37)32-30/h1-13,22-23H,14-16H2,(H,32,36,37)/t22-,23+. The lowest BCUT2D eigenvalue weighted by atomic mass is 9.96. The van der Waals surface area contributed by atoms with Crippen LogP contribution in [-0.4, -0.2) is 25.8 Å². The molecule has 0 radical (unpaired) electrons. The number of benzene rings is 4. The number of rotatable bonds is 2. The van der Waals surface area contributed by atoms with Gasteiger partial charge in [-0.05, 0) is 30.5 Å². The third kappa shape index (κ3) is 2.26. The number of hydrogen-bond acceptors (Lipinski definition) is 3. The first-order valence-electron chi connectivity index (χ1n) is 12.9. The van der Waals surface area contributed by atoms with E-state index in [-0.39, 0.29) is 24.1 Å². The van der Waals surface area contributed by atoms with Gasteiger partial charge in [-0.15, -0.1) is 0 Å². The molecule has 37 heavy (non-hydrogen) atoms. The Kier molecular flexibility index (Phi) is 3.55. The van der Waals surface area contributed by atoms with Gasteiger partial charge in [0.15, 0.2) is 0 Å². The Labute approximate surface area is 211 Å². The zero-order chi connectivity index (χ0) is 24.4. The number of nitrogens with one attached hydrogen (secondary N) is 1. The van der Waals surface area contributed by atoms with Crippen LogP contribution in [0.4, 0.5) is 0 Å². The average molecular weight is 483 g/mol. The number of aromatic nitrogens is 2. The molecule has 2 bridgehead atoms. The van der Waals surface area contributed by atoms with E-state index in [0.717, 1.165) is 63.0 Å². The van der Waals surface area contributed by atoms with Crippen LogP contribution in [-0.2, 0) is 6.54 Å². The highest BCUT2D eigenvalue weighted by Crippen LogP contribution is 2.53. The van der Waals surface area contributed by atoms with Crippen LogP contribution >= 0.6 is 0 Å². The predicted octanol–water partition coefficient (Wildman–Crippen LogP) is 6.09. The van der Waals surface area contributed by atoms with Crippen LogP contribution in [0.25, 0.3) is 43.6 Å². The fourth-order valence-electron chi connectivity index (χ4n) is 7.44. The Bertz CT molecular complexity index is 1880. The fourth-order valence-corrected chi connectivity index (χ4v) is 7.44. The molecule has 1 saturated heterocycles. The number of imide groups is 1. The number of amides is 2. The van der Waals surface area contributed by atoms with Crippen LogP contribution in [0.2, 0.25) is 0 Å². The first-order valence-corrected chi connectivity index (χ1v) is 12.9. The van der Waals surface area contributed by atoms with Crippen molar-refractivity contribution in [1.82, 2.24) is 19.4 Å². The second-order valence-corrected chi connectivity index (χ2v) is 10.5. The molecule has 0 unspecified atom stereocenters. The summed E-state index contributed by atoms with van der Waals surface area (Å²) in [6, 6.07) is 27.4. The van der Waals surface area contributed by atoms with Gasteiger partial charge in [-0.1, -0.05) is 66.7 Å². The molecule has 0 spiro atoms. The van der Waals surface area contributed by atoms with Crippen molar-refractivity contribution in [3.63, 3.8) is 0 Å². The fraction of sp³-hybridized carbons (Fsp3) is 0.161. The van der Waals surface area contributed by atoms with E-state index in [1.165, 1.54) is 5.56 Å². The molecule has 3 aliphatic rings. The van der Waals surface area contributed by atoms with Crippen molar-refractivity contribution in [3.8, 4) is 0 Å². The third-order valence-electron chi connectivity index (χ3n) is 8.73. The van der Waals surface area contributed by atoms with E-state index in [2.05, 4.69) is 86.1 Å². The highest BCUT2D eigenvalue weighted by atomic mass is 16.2. The van der Waals surface area contributed by atoms with Crippen LogP contribution < -0.4 is 5.32 Å². The molecule has 9 rings (SSSR count). The molecule has 178 valence electrons. The highest BCUT2D eigenvalue weighted by molar-refractivity contribution is 6.39. The van der Waals surface area contributed by atoms with Gasteiger partial charge in [-0.2, -0.15) is 0 Å². The Balaban J connectivity index is 1.53. The van der Waals surface area contributed by atoms with Crippen molar-refractivity contribution >= 4 is 55.4 Å². The molecule has 6 nitrogen and oxygen atoms in total. The van der Waals surface area contributed by atoms with Gasteiger partial charge >= 0.3 is 0 Å². The molecule has 5 heterocycles. The summed E-state index contributed by atoms with van der Waals surface area (Å²) in [7, 11) is 0. The van der Waals surface area contributed by atoms with Crippen LogP contribution in [0.15, 0.2) is 78.9 Å². The summed E-state index contributed by atoms with van der Waals surface area (Å²) in [6.07, 6.45) is 2.32. The number of hydrogen-bond donors (Lipinski definition) is 1. The Hall–Kier alpha value is -4.42. The maximum absolute atomic E-state index is 13.3. The van der Waals surface area contributed by atoms with Crippen molar-refractivity contribution in [3.05, 3.63) is 95.6 Å². The van der Waals surface area contributed by atoms with Crippen LogP contribution in [0.3, 0.4) is 0 Å². The van der Waals surface area contributed by atoms with E-state index < -0.39 is 0 Å². The molecule has 1 N–H and O–H groups in total. The predicted molar refractivity (Wildman–Crippen MR) is 144 cm³/mol. The van der Waals surface area contributed by atoms with Crippen LogP contribution in [0.5, 0.6) is 0 Å². The molecule has 0 saturated carbocycles. The van der Waals surface area contributed by atoms with Crippen molar-refractivity contribution in [2.75, 3.05) is 0 Å². The molecule has 3 aliphatic heterocycles. The van der Waals surface area contributed by atoms with E-state index >= 15 is 0 Å². The van der Waals surface area contributed by atoms with E-state index in [0.29, 0.717) is 11.1 Å². The third-order valence-corrected chi connectivity index (χ3v) is 8.73. The lowest BCUT2D eigenvalue weighted by Gasteiger charge is -2.31. The van der Waals surface area contributed by atoms with E-state index in [1.807, 2.05) is 12.1 Å². The van der Waals surface area contributed by atoms with Gasteiger partial charge in [0.1, 0.15) is 0 Å². The molecule has 0 aliphatic carbocycles. The Morgan fingerprint density at radius 3 is 1.68 bits per heavy atom. The van der Waals surface area contributed by atoms with Gasteiger partial charge < -0.3 is 9.13 Å². The van der Waals surface area contributed by atoms with Gasteiger partial charge in [-0.3, -0.25) is 19.8 Å². The smallest absolute Gasteiger partial charge is 0.259 e. The Morgan fingerprint density at radius 1 is 0.649 bits per heavy atom. The number of carbonyl (C=O) groups excluding carboxylic acids is 2. The maximum Gasteiger partial charge on any atom is 0.259 e. The zero-order valence-electron chi connectivity index (χ0n) is 19.9. The van der Waals surface area contributed by atoms with Crippen molar-refractivity contribution in [2.24, 2.45) is 0 Å². The van der Waals surface area contributed by atoms with Crippen molar-refractivity contribution < 1.29 is 9.59 Å². The van der Waals surface area contributed by atoms with E-state index in [4.69, 9.17) is 0 Å². The van der Waals surface area contributed by atoms with Crippen LogP contribution in [0, 0.1) is 0 Å². The average Bonchev–Trinajstić information content (AvgIpc) is 3.61. The molecule has 2 aromatic heterocycles. The second-order valence-electron chi connectivity index (χ2n) is 10.5. The zero-order valence-corrected chi connectivity index (χ0v) is 19.9. The van der Waals surface area contributed by atoms with Gasteiger partial charge in [0, 0.05) is 28.1 Å². The maximum atomic E-state index is 13.3. The highest BCUT2D eigenvalue weighted by Gasteiger charge is 2.44. The topological polar surface area (TPSA) is 59.3 Å². The monoisotopic (exact) mass is 482 g/mol. The largest absolute Gasteiger partial charge is 0.322 e. The SMILES string of the molecule is O=C1NC(=O)c2c1c1c3ccccc3n3c1c1c2c2ccccc2n1[C@H]1CC[C@@H]3N1Cc1ccccc1. The molecule has 1 fully saturated rings. The first kappa shape index (κ1) is 19.7. The summed E-state index contributed by atoms with van der Waals surface area (Å²) in [4.78, 5) is 29.3. The number of nitrogens with zero attached hydrogens (tertiary/aromatic N) is 3. The second kappa shape index (κ2) is 6.66. The van der Waals surface area contributed by atoms with Gasteiger partial charge in [0.05, 0.1) is 45.5 Å². The molecule has 2 atom stereocenters. The molecular formula is C31H22N4O2. The minimum absolute atomic E-state index is 0.146. The summed E-state index contributed by atoms with van der Waals surface area (Å²) in [5.74, 6) is -0.589. The molecule has 6 aromatic rings. The number of carbonyl (C=O) groups is 2. The lowest BCUT2D eigenvalue weighted by molar-refractivity contribution is 0.0880. The molecule has 4 aromatic carbocycles. The summed E-state index contributed by atoms with van der Waals surface area (Å²) in [5.41, 5.74) is 6.70. The van der Waals surface area contributed by atoms with Gasteiger partial charge in [0.2, 0.25) is 0 Å². The first-order chi connectivity index (χ1) is 18.2. The normalized spacial score (nSPS) is 20.5. The number of para-hydroxylation sites is 2. The Morgan fingerprint density at radius 2 is 1.14 bits per heavy atom. The van der Waals surface area contributed by atoms with Crippen molar-refractivity contribution in [1.29, 1.82) is 0 Å². The number of fused-ring (bicyclic) bond motifs is 13. The van der Waals surface area contributed by atoms with Crippen molar-refractivity contribution in [2.45, 2.75) is 31.7 Å². The molecular weight excluding hydrogens is 460 g/mol. The minimum Gasteiger partial charge on any atom is -0.322 e. The molecule has 2 amide bonds. The van der Waals surface area contributed by atoms with Gasteiger partial charge in [-0.25, -0.2) is 0 Å². The summed E-state index contributed by atoms with van der Waals surface area (Å²) >= 11 is 0. The summed E-state index contributed by atoms with van der Waals surface area (Å²) < 4.78 is 4.93.